The maximum absolute atomic E-state index is 5.81. The van der Waals surface area contributed by atoms with Gasteiger partial charge in [-0.15, -0.1) is 0 Å². The molecule has 0 radical (unpaired) electrons. The molecule has 0 atom stereocenters. The second kappa shape index (κ2) is 7.28. The first-order chi connectivity index (χ1) is 10.2. The van der Waals surface area contributed by atoms with E-state index in [1.54, 1.807) is 26.4 Å². The van der Waals surface area contributed by atoms with E-state index in [-0.39, 0.29) is 0 Å². The van der Waals surface area contributed by atoms with Crippen LogP contribution in [-0.4, -0.2) is 27.4 Å². The lowest BCUT2D eigenvalue weighted by atomic mass is 10.3. The van der Waals surface area contributed by atoms with E-state index in [0.29, 0.717) is 30.4 Å². The Labute approximate surface area is 124 Å². The normalized spacial score (nSPS) is 10.0. The fraction of sp³-hybridized carbons (Fsp3) is 0.250. The number of nitrogen functional groups attached to an aromatic ring is 1. The Hall–Kier alpha value is -2.56. The molecule has 2 N–H and O–H groups in total. The van der Waals surface area contributed by atoms with Crippen LogP contribution in [0.15, 0.2) is 42.5 Å². The lowest BCUT2D eigenvalue weighted by molar-refractivity contribution is 0.217. The number of anilines is 1. The molecule has 2 aromatic rings. The second-order valence-electron chi connectivity index (χ2n) is 4.28. The van der Waals surface area contributed by atoms with Gasteiger partial charge in [0.2, 0.25) is 0 Å². The number of rotatable bonds is 7. The van der Waals surface area contributed by atoms with E-state index in [0.717, 1.165) is 11.5 Å². The van der Waals surface area contributed by atoms with Gasteiger partial charge in [-0.25, -0.2) is 0 Å². The Balaban J connectivity index is 1.77. The minimum atomic E-state index is 0.428. The van der Waals surface area contributed by atoms with Gasteiger partial charge in [0.05, 0.1) is 19.9 Å². The molecule has 0 heterocycles. The van der Waals surface area contributed by atoms with Gasteiger partial charge in [0.25, 0.3) is 0 Å². The lowest BCUT2D eigenvalue weighted by Gasteiger charge is -2.10. The minimum Gasteiger partial charge on any atom is -0.497 e. The quantitative estimate of drug-likeness (QED) is 0.627. The molecule has 0 amide bonds. The zero-order chi connectivity index (χ0) is 15.1. The Morgan fingerprint density at radius 2 is 1.33 bits per heavy atom. The molecule has 0 aliphatic heterocycles. The molecule has 0 bridgehead atoms. The topological polar surface area (TPSA) is 62.9 Å². The summed E-state index contributed by atoms with van der Waals surface area (Å²) in [7, 11) is 3.21. The van der Waals surface area contributed by atoms with Gasteiger partial charge < -0.3 is 24.7 Å². The first-order valence-electron chi connectivity index (χ1n) is 6.56. The standard InChI is InChI=1S/C16H19NO4/c1-18-12-3-5-13(6-4-12)20-9-10-21-14-7-8-16(19-2)15(17)11-14/h3-8,11H,9-10,17H2,1-2H3. The van der Waals surface area contributed by atoms with Gasteiger partial charge in [0.15, 0.2) is 0 Å². The Kier molecular flexibility index (Phi) is 5.15. The van der Waals surface area contributed by atoms with Crippen molar-refractivity contribution in [3.63, 3.8) is 0 Å². The van der Waals surface area contributed by atoms with E-state index < -0.39 is 0 Å². The average Bonchev–Trinajstić information content (AvgIpc) is 2.52. The number of methoxy groups -OCH3 is 2. The SMILES string of the molecule is COc1ccc(OCCOc2ccc(OC)c(N)c2)cc1. The van der Waals surface area contributed by atoms with Crippen LogP contribution in [0.2, 0.25) is 0 Å². The van der Waals surface area contributed by atoms with Crippen molar-refractivity contribution < 1.29 is 18.9 Å². The Bertz CT molecular complexity index is 569. The highest BCUT2D eigenvalue weighted by Gasteiger charge is 2.01. The second-order valence-corrected chi connectivity index (χ2v) is 4.28. The van der Waals surface area contributed by atoms with Crippen molar-refractivity contribution in [2.75, 3.05) is 33.2 Å². The highest BCUT2D eigenvalue weighted by Crippen LogP contribution is 2.25. The van der Waals surface area contributed by atoms with E-state index in [1.807, 2.05) is 30.3 Å². The van der Waals surface area contributed by atoms with E-state index in [9.17, 15) is 0 Å². The number of hydrogen-bond donors (Lipinski definition) is 1. The van der Waals surface area contributed by atoms with Gasteiger partial charge in [0, 0.05) is 6.07 Å². The van der Waals surface area contributed by atoms with Crippen LogP contribution in [0.5, 0.6) is 23.0 Å². The highest BCUT2D eigenvalue weighted by molar-refractivity contribution is 5.56. The maximum atomic E-state index is 5.81. The van der Waals surface area contributed by atoms with Gasteiger partial charge in [-0.3, -0.25) is 0 Å². The zero-order valence-electron chi connectivity index (χ0n) is 12.2. The van der Waals surface area contributed by atoms with Gasteiger partial charge in [-0.1, -0.05) is 0 Å². The summed E-state index contributed by atoms with van der Waals surface area (Å²) >= 11 is 0. The molecule has 0 unspecified atom stereocenters. The molecular formula is C16H19NO4. The number of hydrogen-bond acceptors (Lipinski definition) is 5. The first-order valence-corrected chi connectivity index (χ1v) is 6.56. The summed E-state index contributed by atoms with van der Waals surface area (Å²) in [6.45, 7) is 0.871. The van der Waals surface area contributed by atoms with Crippen molar-refractivity contribution in [3.8, 4) is 23.0 Å². The molecule has 2 rings (SSSR count). The zero-order valence-corrected chi connectivity index (χ0v) is 12.2. The molecular weight excluding hydrogens is 270 g/mol. The lowest BCUT2D eigenvalue weighted by Crippen LogP contribution is -2.09. The summed E-state index contributed by atoms with van der Waals surface area (Å²) in [5.41, 5.74) is 6.35. The van der Waals surface area contributed by atoms with Crippen LogP contribution in [-0.2, 0) is 0 Å². The number of ether oxygens (including phenoxy) is 4. The Morgan fingerprint density at radius 3 is 1.90 bits per heavy atom. The molecule has 0 aromatic heterocycles. The van der Waals surface area contributed by atoms with Gasteiger partial charge >= 0.3 is 0 Å². The van der Waals surface area contributed by atoms with Crippen LogP contribution < -0.4 is 24.7 Å². The third-order valence-corrected chi connectivity index (χ3v) is 2.88. The van der Waals surface area contributed by atoms with E-state index in [4.69, 9.17) is 24.7 Å². The fourth-order valence-corrected chi connectivity index (χ4v) is 1.79. The van der Waals surface area contributed by atoms with Crippen molar-refractivity contribution in [2.45, 2.75) is 0 Å². The molecule has 0 saturated carbocycles. The molecule has 5 nitrogen and oxygen atoms in total. The molecule has 0 fully saturated rings. The van der Waals surface area contributed by atoms with Crippen molar-refractivity contribution in [2.24, 2.45) is 0 Å². The van der Waals surface area contributed by atoms with Crippen molar-refractivity contribution in [1.82, 2.24) is 0 Å². The van der Waals surface area contributed by atoms with Crippen LogP contribution in [0.1, 0.15) is 0 Å². The van der Waals surface area contributed by atoms with Crippen LogP contribution in [0, 0.1) is 0 Å². The van der Waals surface area contributed by atoms with Crippen molar-refractivity contribution >= 4 is 5.69 Å². The van der Waals surface area contributed by atoms with E-state index in [1.165, 1.54) is 0 Å². The minimum absolute atomic E-state index is 0.428. The summed E-state index contributed by atoms with van der Waals surface area (Å²) in [5.74, 6) is 2.89. The molecule has 5 heteroatoms. The maximum Gasteiger partial charge on any atom is 0.142 e. The summed E-state index contributed by atoms with van der Waals surface area (Å²) in [6.07, 6.45) is 0. The average molecular weight is 289 g/mol. The van der Waals surface area contributed by atoms with Gasteiger partial charge in [0.1, 0.15) is 36.2 Å². The molecule has 2 aromatic carbocycles. The predicted octanol–water partition coefficient (Wildman–Crippen LogP) is 2.74. The molecule has 0 aliphatic rings. The van der Waals surface area contributed by atoms with E-state index >= 15 is 0 Å². The molecule has 0 spiro atoms. The summed E-state index contributed by atoms with van der Waals surface area (Å²) in [5, 5.41) is 0. The van der Waals surface area contributed by atoms with Crippen molar-refractivity contribution in [3.05, 3.63) is 42.5 Å². The predicted molar refractivity (Wildman–Crippen MR) is 81.4 cm³/mol. The fourth-order valence-electron chi connectivity index (χ4n) is 1.79. The highest BCUT2D eigenvalue weighted by atomic mass is 16.5. The van der Waals surface area contributed by atoms with Crippen LogP contribution >= 0.6 is 0 Å². The first kappa shape index (κ1) is 14.8. The van der Waals surface area contributed by atoms with E-state index in [2.05, 4.69) is 0 Å². The smallest absolute Gasteiger partial charge is 0.142 e. The Morgan fingerprint density at radius 1 is 0.762 bits per heavy atom. The van der Waals surface area contributed by atoms with Crippen LogP contribution in [0.4, 0.5) is 5.69 Å². The number of benzene rings is 2. The largest absolute Gasteiger partial charge is 0.497 e. The molecule has 0 saturated heterocycles. The third-order valence-electron chi connectivity index (χ3n) is 2.88. The van der Waals surface area contributed by atoms with Crippen LogP contribution in [0.25, 0.3) is 0 Å². The summed E-state index contributed by atoms with van der Waals surface area (Å²) in [6, 6.07) is 12.7. The molecule has 112 valence electrons. The van der Waals surface area contributed by atoms with Crippen molar-refractivity contribution in [1.29, 1.82) is 0 Å². The monoisotopic (exact) mass is 289 g/mol. The molecule has 21 heavy (non-hydrogen) atoms. The summed E-state index contributed by atoms with van der Waals surface area (Å²) < 4.78 is 21.3. The third kappa shape index (κ3) is 4.21. The van der Waals surface area contributed by atoms with Gasteiger partial charge in [-0.05, 0) is 36.4 Å². The van der Waals surface area contributed by atoms with Gasteiger partial charge in [-0.2, -0.15) is 0 Å². The number of nitrogens with two attached hydrogens (primary N) is 1. The van der Waals surface area contributed by atoms with Crippen LogP contribution in [0.3, 0.4) is 0 Å². The molecule has 0 aliphatic carbocycles. The summed E-state index contributed by atoms with van der Waals surface area (Å²) in [4.78, 5) is 0.